The van der Waals surface area contributed by atoms with Gasteiger partial charge in [-0.25, -0.2) is 0 Å². The van der Waals surface area contributed by atoms with E-state index >= 15 is 0 Å². The summed E-state index contributed by atoms with van der Waals surface area (Å²) < 4.78 is 11.2. The van der Waals surface area contributed by atoms with Crippen LogP contribution in [0, 0.1) is 0 Å². The standard InChI is InChI=1S/C16H21NO2/c1-2-8-17-9-7-12-11-4-6-15-16(19-10-18-15)13(11)3-5-14(12)17/h4,6,12,14H,2-3,5,7-10H2,1H3/t12-,14-/m0/s1. The van der Waals surface area contributed by atoms with E-state index < -0.39 is 0 Å². The first-order valence-electron chi connectivity index (χ1n) is 7.54. The van der Waals surface area contributed by atoms with Gasteiger partial charge in [0.1, 0.15) is 0 Å². The highest BCUT2D eigenvalue weighted by atomic mass is 16.7. The molecule has 0 amide bonds. The number of rotatable bonds is 2. The second-order valence-corrected chi connectivity index (χ2v) is 5.90. The van der Waals surface area contributed by atoms with Gasteiger partial charge in [-0.2, -0.15) is 0 Å². The van der Waals surface area contributed by atoms with Crippen LogP contribution in [0.25, 0.3) is 0 Å². The Labute approximate surface area is 114 Å². The molecule has 3 nitrogen and oxygen atoms in total. The Balaban J connectivity index is 1.70. The van der Waals surface area contributed by atoms with Gasteiger partial charge in [-0.15, -0.1) is 0 Å². The normalized spacial score (nSPS) is 28.3. The Hall–Kier alpha value is -1.22. The Morgan fingerprint density at radius 2 is 2.21 bits per heavy atom. The van der Waals surface area contributed by atoms with E-state index in [-0.39, 0.29) is 0 Å². The molecule has 0 N–H and O–H groups in total. The smallest absolute Gasteiger partial charge is 0.231 e. The minimum absolute atomic E-state index is 0.391. The van der Waals surface area contributed by atoms with Crippen LogP contribution in [0.2, 0.25) is 0 Å². The molecule has 0 radical (unpaired) electrons. The Morgan fingerprint density at radius 1 is 1.26 bits per heavy atom. The summed E-state index contributed by atoms with van der Waals surface area (Å²) in [7, 11) is 0. The molecule has 1 aliphatic carbocycles. The molecule has 1 aromatic carbocycles. The van der Waals surface area contributed by atoms with E-state index in [2.05, 4.69) is 24.0 Å². The predicted octanol–water partition coefficient (Wildman–Crippen LogP) is 2.93. The molecule has 2 heterocycles. The van der Waals surface area contributed by atoms with Gasteiger partial charge in [0.05, 0.1) is 0 Å². The first kappa shape index (κ1) is 11.6. The first-order valence-corrected chi connectivity index (χ1v) is 7.54. The van der Waals surface area contributed by atoms with E-state index in [0.29, 0.717) is 12.7 Å². The molecule has 0 saturated carbocycles. The number of benzene rings is 1. The fraction of sp³-hybridized carbons (Fsp3) is 0.625. The zero-order chi connectivity index (χ0) is 12.8. The molecule has 0 aromatic heterocycles. The van der Waals surface area contributed by atoms with Crippen molar-refractivity contribution in [3.05, 3.63) is 23.3 Å². The number of hydrogen-bond donors (Lipinski definition) is 0. The Morgan fingerprint density at radius 3 is 3.11 bits per heavy atom. The van der Waals surface area contributed by atoms with Crippen molar-refractivity contribution >= 4 is 0 Å². The third-order valence-corrected chi connectivity index (χ3v) is 4.94. The number of fused-ring (bicyclic) bond motifs is 5. The summed E-state index contributed by atoms with van der Waals surface area (Å²) in [6, 6.07) is 5.15. The lowest BCUT2D eigenvalue weighted by molar-refractivity contribution is 0.172. The third kappa shape index (κ3) is 1.68. The van der Waals surface area contributed by atoms with Gasteiger partial charge < -0.3 is 9.47 Å². The fourth-order valence-corrected chi connectivity index (χ4v) is 4.17. The van der Waals surface area contributed by atoms with Crippen LogP contribution in [0.5, 0.6) is 11.5 Å². The molecule has 2 aliphatic heterocycles. The van der Waals surface area contributed by atoms with Crippen LogP contribution < -0.4 is 9.47 Å². The summed E-state index contributed by atoms with van der Waals surface area (Å²) in [6.45, 7) is 5.18. The minimum Gasteiger partial charge on any atom is -0.454 e. The van der Waals surface area contributed by atoms with Crippen LogP contribution in [0.4, 0.5) is 0 Å². The van der Waals surface area contributed by atoms with Gasteiger partial charge in [-0.1, -0.05) is 13.0 Å². The lowest BCUT2D eigenvalue weighted by Gasteiger charge is -2.33. The quantitative estimate of drug-likeness (QED) is 0.815. The first-order chi connectivity index (χ1) is 9.38. The van der Waals surface area contributed by atoms with Crippen LogP contribution in [0.15, 0.2) is 12.1 Å². The van der Waals surface area contributed by atoms with Crippen molar-refractivity contribution in [1.29, 1.82) is 0 Å². The predicted molar refractivity (Wildman–Crippen MR) is 73.9 cm³/mol. The highest BCUT2D eigenvalue weighted by Crippen LogP contribution is 2.48. The lowest BCUT2D eigenvalue weighted by Crippen LogP contribution is -2.35. The molecule has 1 aromatic rings. The fourth-order valence-electron chi connectivity index (χ4n) is 4.17. The van der Waals surface area contributed by atoms with Crippen molar-refractivity contribution in [2.75, 3.05) is 19.9 Å². The summed E-state index contributed by atoms with van der Waals surface area (Å²) in [4.78, 5) is 2.69. The van der Waals surface area contributed by atoms with E-state index in [1.54, 1.807) is 0 Å². The minimum atomic E-state index is 0.391. The monoisotopic (exact) mass is 259 g/mol. The van der Waals surface area contributed by atoms with Crippen molar-refractivity contribution in [1.82, 2.24) is 4.90 Å². The van der Waals surface area contributed by atoms with Gasteiger partial charge in [0.25, 0.3) is 0 Å². The Bertz CT molecular complexity index is 500. The third-order valence-electron chi connectivity index (χ3n) is 4.94. The number of nitrogens with zero attached hydrogens (tertiary/aromatic N) is 1. The molecule has 4 rings (SSSR count). The summed E-state index contributed by atoms with van der Waals surface area (Å²) >= 11 is 0. The maximum absolute atomic E-state index is 5.68. The summed E-state index contributed by atoms with van der Waals surface area (Å²) in [6.07, 6.45) is 4.98. The second-order valence-electron chi connectivity index (χ2n) is 5.90. The molecule has 1 fully saturated rings. The zero-order valence-corrected chi connectivity index (χ0v) is 11.5. The Kier molecular flexibility index (Phi) is 2.69. The number of hydrogen-bond acceptors (Lipinski definition) is 3. The molecular formula is C16H21NO2. The second kappa shape index (κ2) is 4.41. The molecule has 0 spiro atoms. The highest BCUT2D eigenvalue weighted by Gasteiger charge is 2.40. The van der Waals surface area contributed by atoms with Gasteiger partial charge in [-0.05, 0) is 50.4 Å². The molecule has 0 bridgehead atoms. The van der Waals surface area contributed by atoms with Crippen molar-refractivity contribution in [2.45, 2.75) is 44.6 Å². The topological polar surface area (TPSA) is 21.7 Å². The van der Waals surface area contributed by atoms with Gasteiger partial charge in [-0.3, -0.25) is 4.90 Å². The van der Waals surface area contributed by atoms with Gasteiger partial charge in [0, 0.05) is 17.5 Å². The maximum Gasteiger partial charge on any atom is 0.231 e. The molecule has 3 aliphatic rings. The zero-order valence-electron chi connectivity index (χ0n) is 11.5. The molecule has 2 atom stereocenters. The van der Waals surface area contributed by atoms with E-state index in [9.17, 15) is 0 Å². The molecule has 3 heteroatoms. The summed E-state index contributed by atoms with van der Waals surface area (Å²) in [5.41, 5.74) is 2.95. The highest BCUT2D eigenvalue weighted by molar-refractivity contribution is 5.54. The summed E-state index contributed by atoms with van der Waals surface area (Å²) in [5, 5.41) is 0. The molecule has 1 saturated heterocycles. The average molecular weight is 259 g/mol. The van der Waals surface area contributed by atoms with E-state index in [1.165, 1.54) is 43.5 Å². The molecule has 102 valence electrons. The molecule has 0 unspecified atom stereocenters. The molecule has 19 heavy (non-hydrogen) atoms. The average Bonchev–Trinajstić information content (AvgIpc) is 3.05. The molecular weight excluding hydrogens is 238 g/mol. The van der Waals surface area contributed by atoms with Crippen molar-refractivity contribution in [3.8, 4) is 11.5 Å². The van der Waals surface area contributed by atoms with Crippen LogP contribution in [-0.2, 0) is 6.42 Å². The number of ether oxygens (including phenoxy) is 2. The van der Waals surface area contributed by atoms with Crippen LogP contribution in [-0.4, -0.2) is 30.8 Å². The van der Waals surface area contributed by atoms with Gasteiger partial charge in [0.15, 0.2) is 11.5 Å². The largest absolute Gasteiger partial charge is 0.454 e. The van der Waals surface area contributed by atoms with Crippen molar-refractivity contribution < 1.29 is 9.47 Å². The van der Waals surface area contributed by atoms with Crippen LogP contribution in [0.1, 0.15) is 43.2 Å². The van der Waals surface area contributed by atoms with Crippen molar-refractivity contribution in [3.63, 3.8) is 0 Å². The number of likely N-dealkylation sites (tertiary alicyclic amines) is 1. The van der Waals surface area contributed by atoms with Gasteiger partial charge >= 0.3 is 0 Å². The van der Waals surface area contributed by atoms with E-state index in [0.717, 1.165) is 24.0 Å². The lowest BCUT2D eigenvalue weighted by atomic mass is 9.79. The SMILES string of the molecule is CCCN1CC[C@H]2c3ccc4c(c3CC[C@@H]21)OCO4. The van der Waals surface area contributed by atoms with Gasteiger partial charge in [0.2, 0.25) is 6.79 Å². The summed E-state index contributed by atoms with van der Waals surface area (Å²) in [5.74, 6) is 2.69. The van der Waals surface area contributed by atoms with E-state index in [1.807, 2.05) is 0 Å². The maximum atomic E-state index is 5.68. The van der Waals surface area contributed by atoms with Crippen molar-refractivity contribution in [2.24, 2.45) is 0 Å². The van der Waals surface area contributed by atoms with Crippen LogP contribution >= 0.6 is 0 Å². The van der Waals surface area contributed by atoms with Crippen LogP contribution in [0.3, 0.4) is 0 Å². The van der Waals surface area contributed by atoms with E-state index in [4.69, 9.17) is 9.47 Å².